The quantitative estimate of drug-likeness (QED) is 0.485. The largest absolute Gasteiger partial charge is 0.344 e. The molecule has 0 fully saturated rings. The van der Waals surface area contributed by atoms with Gasteiger partial charge in [0.2, 0.25) is 0 Å². The molecular weight excluding hydrogens is 188 g/mol. The highest BCUT2D eigenvalue weighted by Crippen LogP contribution is 2.05. The fraction of sp³-hybridized carbons (Fsp3) is 1.00. The van der Waals surface area contributed by atoms with Crippen molar-refractivity contribution >= 4 is 19.5 Å². The van der Waals surface area contributed by atoms with E-state index >= 15 is 0 Å². The van der Waals surface area contributed by atoms with Crippen molar-refractivity contribution in [3.63, 3.8) is 0 Å². The zero-order chi connectivity index (χ0) is 9.56. The van der Waals surface area contributed by atoms with Crippen LogP contribution in [0, 0.1) is 0 Å². The Hall–Kier alpha value is 0.427. The molecule has 73 valence electrons. The molecule has 0 aliphatic carbocycles. The van der Waals surface area contributed by atoms with Gasteiger partial charge in [0.15, 0.2) is 0 Å². The lowest BCUT2D eigenvalue weighted by molar-refractivity contribution is 0.394. The van der Waals surface area contributed by atoms with Gasteiger partial charge in [0.25, 0.3) is 0 Å². The highest BCUT2D eigenvalue weighted by molar-refractivity contribution is 7.03. The molecule has 0 saturated carbocycles. The fourth-order valence-electron chi connectivity index (χ4n) is 1.17. The van der Waals surface area contributed by atoms with Crippen LogP contribution in [0.4, 0.5) is 0 Å². The monoisotopic (exact) mass is 207 g/mol. The number of hydrogen-bond donors (Lipinski definition) is 0. The van der Waals surface area contributed by atoms with E-state index in [1.54, 1.807) is 0 Å². The first-order chi connectivity index (χ1) is 5.71. The molecule has 2 nitrogen and oxygen atoms in total. The first kappa shape index (κ1) is 12.4. The Morgan fingerprint density at radius 1 is 0.833 bits per heavy atom. The fourth-order valence-corrected chi connectivity index (χ4v) is 4.05. The maximum absolute atomic E-state index is 6.37. The van der Waals surface area contributed by atoms with Gasteiger partial charge in [-0.05, 0) is 26.2 Å². The van der Waals surface area contributed by atoms with E-state index in [4.69, 9.17) is 11.1 Å². The second-order valence-corrected chi connectivity index (χ2v) is 5.43. The predicted octanol–water partition coefficient (Wildman–Crippen LogP) is 1.89. The van der Waals surface area contributed by atoms with E-state index in [2.05, 4.69) is 36.8 Å². The summed E-state index contributed by atoms with van der Waals surface area (Å²) in [5.41, 5.74) is 0. The Kier molecular flexibility index (Phi) is 7.14. The Balaban J connectivity index is 4.02. The molecule has 0 aromatic rings. The standard InChI is InChI=1S/C8H20ClN2Si/c1-5-10(6-2)12(9)11(7-3)8-4/h5-8H2,1-4H3. The van der Waals surface area contributed by atoms with E-state index in [1.807, 2.05) is 0 Å². The smallest absolute Gasteiger partial charge is 0.300 e. The SMILES string of the molecule is CCN(CC)[Si](Cl)N(CC)CC. The molecule has 0 saturated heterocycles. The Labute approximate surface area is 83.0 Å². The zero-order valence-corrected chi connectivity index (χ0v) is 10.4. The second kappa shape index (κ2) is 6.89. The van der Waals surface area contributed by atoms with Crippen molar-refractivity contribution in [3.05, 3.63) is 0 Å². The average molecular weight is 208 g/mol. The second-order valence-electron chi connectivity index (χ2n) is 2.61. The number of rotatable bonds is 6. The molecule has 0 aliphatic heterocycles. The van der Waals surface area contributed by atoms with Crippen LogP contribution in [0.3, 0.4) is 0 Å². The average Bonchev–Trinajstić information content (AvgIpc) is 2.09. The van der Waals surface area contributed by atoms with Crippen LogP contribution >= 0.6 is 11.1 Å². The third kappa shape index (κ3) is 3.43. The maximum atomic E-state index is 6.37. The topological polar surface area (TPSA) is 6.48 Å². The summed E-state index contributed by atoms with van der Waals surface area (Å²) in [6.45, 7) is 12.9. The normalized spacial score (nSPS) is 12.0. The van der Waals surface area contributed by atoms with Crippen LogP contribution in [0.1, 0.15) is 27.7 Å². The minimum atomic E-state index is -0.931. The first-order valence-corrected chi connectivity index (χ1v) is 7.14. The minimum Gasteiger partial charge on any atom is -0.300 e. The van der Waals surface area contributed by atoms with Crippen molar-refractivity contribution in [2.45, 2.75) is 27.7 Å². The highest BCUT2D eigenvalue weighted by Gasteiger charge is 2.22. The van der Waals surface area contributed by atoms with Crippen molar-refractivity contribution in [2.24, 2.45) is 0 Å². The third-order valence-electron chi connectivity index (χ3n) is 2.05. The number of halogens is 1. The minimum absolute atomic E-state index is 0.931. The van der Waals surface area contributed by atoms with Gasteiger partial charge in [0.1, 0.15) is 0 Å². The van der Waals surface area contributed by atoms with Gasteiger partial charge in [0, 0.05) is 0 Å². The third-order valence-corrected chi connectivity index (χ3v) is 5.79. The van der Waals surface area contributed by atoms with Crippen LogP contribution in [-0.4, -0.2) is 43.7 Å². The van der Waals surface area contributed by atoms with Crippen LogP contribution in [0.2, 0.25) is 0 Å². The Morgan fingerprint density at radius 3 is 1.25 bits per heavy atom. The summed E-state index contributed by atoms with van der Waals surface area (Å²) in [4.78, 5) is 0. The molecule has 0 aliphatic rings. The van der Waals surface area contributed by atoms with Gasteiger partial charge in [-0.2, -0.15) is 0 Å². The van der Waals surface area contributed by atoms with Crippen molar-refractivity contribution < 1.29 is 0 Å². The lowest BCUT2D eigenvalue weighted by Gasteiger charge is -2.30. The summed E-state index contributed by atoms with van der Waals surface area (Å²) in [5.74, 6) is 0. The summed E-state index contributed by atoms with van der Waals surface area (Å²) in [5, 5.41) is 0. The molecule has 0 rings (SSSR count). The Morgan fingerprint density at radius 2 is 1.08 bits per heavy atom. The highest BCUT2D eigenvalue weighted by atomic mass is 35.6. The molecule has 0 amide bonds. The summed E-state index contributed by atoms with van der Waals surface area (Å²) in [6.07, 6.45) is 0. The molecule has 0 atom stereocenters. The zero-order valence-electron chi connectivity index (χ0n) is 8.60. The van der Waals surface area contributed by atoms with Crippen LogP contribution < -0.4 is 0 Å². The number of hydrogen-bond acceptors (Lipinski definition) is 2. The van der Waals surface area contributed by atoms with Crippen molar-refractivity contribution in [3.8, 4) is 0 Å². The molecule has 0 heterocycles. The molecule has 12 heavy (non-hydrogen) atoms. The maximum Gasteiger partial charge on any atom is 0.344 e. The van der Waals surface area contributed by atoms with Gasteiger partial charge < -0.3 is 0 Å². The van der Waals surface area contributed by atoms with Crippen molar-refractivity contribution in [2.75, 3.05) is 26.2 Å². The summed E-state index contributed by atoms with van der Waals surface area (Å²) >= 11 is 6.37. The van der Waals surface area contributed by atoms with Gasteiger partial charge in [0.05, 0.1) is 0 Å². The molecular formula is C8H20ClN2Si. The Bertz CT molecular complexity index is 93.2. The number of nitrogens with zero attached hydrogens (tertiary/aromatic N) is 2. The molecule has 0 bridgehead atoms. The van der Waals surface area contributed by atoms with E-state index in [0.29, 0.717) is 0 Å². The predicted molar refractivity (Wildman–Crippen MR) is 57.4 cm³/mol. The van der Waals surface area contributed by atoms with Crippen LogP contribution in [0.25, 0.3) is 0 Å². The molecule has 0 aromatic carbocycles. The van der Waals surface area contributed by atoms with Gasteiger partial charge in [-0.3, -0.25) is 9.13 Å². The van der Waals surface area contributed by atoms with E-state index < -0.39 is 8.43 Å². The van der Waals surface area contributed by atoms with E-state index in [0.717, 1.165) is 26.2 Å². The molecule has 1 radical (unpaired) electrons. The van der Waals surface area contributed by atoms with Gasteiger partial charge in [-0.1, -0.05) is 27.7 Å². The van der Waals surface area contributed by atoms with Gasteiger partial charge in [-0.25, -0.2) is 0 Å². The lowest BCUT2D eigenvalue weighted by atomic mass is 10.7. The van der Waals surface area contributed by atoms with Crippen molar-refractivity contribution in [1.82, 2.24) is 9.13 Å². The molecule has 0 N–H and O–H groups in total. The summed E-state index contributed by atoms with van der Waals surface area (Å²) in [7, 11) is -0.931. The molecule has 0 unspecified atom stereocenters. The van der Waals surface area contributed by atoms with Crippen molar-refractivity contribution in [1.29, 1.82) is 0 Å². The summed E-state index contributed by atoms with van der Waals surface area (Å²) < 4.78 is 4.69. The molecule has 4 heteroatoms. The van der Waals surface area contributed by atoms with E-state index in [1.165, 1.54) is 0 Å². The van der Waals surface area contributed by atoms with Crippen LogP contribution in [-0.2, 0) is 0 Å². The van der Waals surface area contributed by atoms with Gasteiger partial charge in [-0.15, -0.1) is 11.1 Å². The van der Waals surface area contributed by atoms with E-state index in [9.17, 15) is 0 Å². The van der Waals surface area contributed by atoms with Crippen LogP contribution in [0.15, 0.2) is 0 Å². The van der Waals surface area contributed by atoms with E-state index in [-0.39, 0.29) is 0 Å². The first-order valence-electron chi connectivity index (χ1n) is 4.73. The lowest BCUT2D eigenvalue weighted by Crippen LogP contribution is -2.49. The van der Waals surface area contributed by atoms with Gasteiger partial charge >= 0.3 is 8.43 Å². The van der Waals surface area contributed by atoms with Crippen LogP contribution in [0.5, 0.6) is 0 Å². The summed E-state index contributed by atoms with van der Waals surface area (Å²) in [6, 6.07) is 0. The molecule has 0 spiro atoms. The molecule has 0 aromatic heterocycles.